The molecule has 0 spiro atoms. The molecule has 2 rings (SSSR count). The normalized spacial score (nSPS) is 10.1. The van der Waals surface area contributed by atoms with E-state index in [0.717, 1.165) is 42.7 Å². The van der Waals surface area contributed by atoms with Crippen molar-refractivity contribution < 1.29 is 9.53 Å². The zero-order valence-electron chi connectivity index (χ0n) is 15.8. The highest BCUT2D eigenvalue weighted by molar-refractivity contribution is 5.92. The van der Waals surface area contributed by atoms with E-state index in [9.17, 15) is 4.79 Å². The average molecular weight is 353 g/mol. The molecule has 0 fully saturated rings. The summed E-state index contributed by atoms with van der Waals surface area (Å²) in [5.74, 6) is 6.75. The van der Waals surface area contributed by atoms with Gasteiger partial charge in [-0.25, -0.2) is 0 Å². The zero-order chi connectivity index (χ0) is 18.8. The molecule has 0 unspecified atom stereocenters. The first-order valence-corrected chi connectivity index (χ1v) is 9.12. The molecule has 0 bridgehead atoms. The summed E-state index contributed by atoms with van der Waals surface area (Å²) in [6, 6.07) is 9.52. The standard InChI is InChI=1S/C21H27N3O2/c1-4-6-7-8-9-13-26-19-12-10-11-17(14-19)16-22-21(25)20-15-18(5-2)23-24(20)3/h10-12,14-15H,4-7,13,16H2,1-3H3,(H,22,25). The van der Waals surface area contributed by atoms with Crippen LogP contribution >= 0.6 is 0 Å². The first-order valence-electron chi connectivity index (χ1n) is 9.12. The van der Waals surface area contributed by atoms with Gasteiger partial charge in [0.25, 0.3) is 5.91 Å². The minimum Gasteiger partial charge on any atom is -0.481 e. The smallest absolute Gasteiger partial charge is 0.269 e. The summed E-state index contributed by atoms with van der Waals surface area (Å²) in [4.78, 5) is 12.3. The second kappa shape index (κ2) is 10.3. The molecule has 0 aliphatic rings. The maximum absolute atomic E-state index is 12.3. The molecule has 138 valence electrons. The van der Waals surface area contributed by atoms with E-state index in [2.05, 4.69) is 29.2 Å². The van der Waals surface area contributed by atoms with Crippen LogP contribution in [0.4, 0.5) is 0 Å². The Kier molecular flexibility index (Phi) is 7.75. The summed E-state index contributed by atoms with van der Waals surface area (Å²) in [5, 5.41) is 7.23. The number of carbonyl (C=O) groups is 1. The number of benzene rings is 1. The number of aromatic nitrogens is 2. The molecule has 0 radical (unpaired) electrons. The van der Waals surface area contributed by atoms with Crippen molar-refractivity contribution in [3.8, 4) is 17.6 Å². The van der Waals surface area contributed by atoms with Gasteiger partial charge in [0.15, 0.2) is 0 Å². The lowest BCUT2D eigenvalue weighted by Gasteiger charge is -2.07. The van der Waals surface area contributed by atoms with Crippen LogP contribution in [0.5, 0.6) is 5.75 Å². The highest BCUT2D eigenvalue weighted by atomic mass is 16.5. The maximum atomic E-state index is 12.3. The van der Waals surface area contributed by atoms with E-state index in [4.69, 9.17) is 4.74 Å². The fourth-order valence-electron chi connectivity index (χ4n) is 2.45. The Morgan fingerprint density at radius 1 is 1.27 bits per heavy atom. The molecular formula is C21H27N3O2. The van der Waals surface area contributed by atoms with Gasteiger partial charge in [0.1, 0.15) is 18.1 Å². The Morgan fingerprint density at radius 2 is 2.12 bits per heavy atom. The van der Waals surface area contributed by atoms with Crippen molar-refractivity contribution in [1.29, 1.82) is 0 Å². The van der Waals surface area contributed by atoms with E-state index in [1.54, 1.807) is 11.7 Å². The van der Waals surface area contributed by atoms with E-state index >= 15 is 0 Å². The molecule has 0 aliphatic heterocycles. The third-order valence-corrected chi connectivity index (χ3v) is 3.97. The van der Waals surface area contributed by atoms with E-state index < -0.39 is 0 Å². The highest BCUT2D eigenvalue weighted by Crippen LogP contribution is 2.13. The second-order valence-corrected chi connectivity index (χ2v) is 6.07. The fraction of sp³-hybridized carbons (Fsp3) is 0.429. The number of nitrogens with zero attached hydrogens (tertiary/aromatic N) is 2. The van der Waals surface area contributed by atoms with Crippen LogP contribution in [-0.2, 0) is 20.0 Å². The molecule has 5 heteroatoms. The summed E-state index contributed by atoms with van der Waals surface area (Å²) < 4.78 is 7.27. The van der Waals surface area contributed by atoms with Gasteiger partial charge in [-0.15, -0.1) is 0 Å². The lowest BCUT2D eigenvalue weighted by Crippen LogP contribution is -2.25. The van der Waals surface area contributed by atoms with Crippen LogP contribution in [0.1, 0.15) is 54.9 Å². The van der Waals surface area contributed by atoms with Gasteiger partial charge >= 0.3 is 0 Å². The maximum Gasteiger partial charge on any atom is 0.269 e. The van der Waals surface area contributed by atoms with Gasteiger partial charge in [-0.3, -0.25) is 9.48 Å². The molecule has 1 aromatic heterocycles. The predicted molar refractivity (Wildman–Crippen MR) is 103 cm³/mol. The SMILES string of the molecule is CCCCC#CCOc1cccc(CNC(=O)c2cc(CC)nn2C)c1. The molecule has 1 N–H and O–H groups in total. The van der Waals surface area contributed by atoms with Gasteiger partial charge in [0.05, 0.1) is 5.69 Å². The quantitative estimate of drug-likeness (QED) is 0.584. The zero-order valence-corrected chi connectivity index (χ0v) is 15.8. The van der Waals surface area contributed by atoms with Crippen LogP contribution in [0.3, 0.4) is 0 Å². The van der Waals surface area contributed by atoms with E-state index in [1.165, 1.54) is 0 Å². The molecule has 0 saturated heterocycles. The molecule has 26 heavy (non-hydrogen) atoms. The van der Waals surface area contributed by atoms with E-state index in [1.807, 2.05) is 37.3 Å². The van der Waals surface area contributed by atoms with Crippen LogP contribution in [0.25, 0.3) is 0 Å². The number of carbonyl (C=O) groups excluding carboxylic acids is 1. The first-order chi connectivity index (χ1) is 12.6. The monoisotopic (exact) mass is 353 g/mol. The van der Waals surface area contributed by atoms with Crippen LogP contribution in [0.15, 0.2) is 30.3 Å². The molecular weight excluding hydrogens is 326 g/mol. The molecule has 0 aliphatic carbocycles. The summed E-state index contributed by atoms with van der Waals surface area (Å²) in [6.45, 7) is 4.99. The molecule has 0 atom stereocenters. The largest absolute Gasteiger partial charge is 0.481 e. The summed E-state index contributed by atoms with van der Waals surface area (Å²) in [6.07, 6.45) is 4.00. The van der Waals surface area contributed by atoms with Crippen molar-refractivity contribution in [3.05, 3.63) is 47.3 Å². The van der Waals surface area contributed by atoms with E-state index in [0.29, 0.717) is 18.8 Å². The Bertz CT molecular complexity index is 784. The minimum absolute atomic E-state index is 0.132. The van der Waals surface area contributed by atoms with Crippen LogP contribution in [0, 0.1) is 11.8 Å². The van der Waals surface area contributed by atoms with Crippen molar-refractivity contribution >= 4 is 5.91 Å². The molecule has 1 aromatic carbocycles. The first kappa shape index (κ1) is 19.6. The van der Waals surface area contributed by atoms with Gasteiger partial charge in [0, 0.05) is 20.0 Å². The van der Waals surface area contributed by atoms with Crippen molar-refractivity contribution in [1.82, 2.24) is 15.1 Å². The van der Waals surface area contributed by atoms with Gasteiger partial charge in [-0.05, 0) is 36.6 Å². The second-order valence-electron chi connectivity index (χ2n) is 6.07. The van der Waals surface area contributed by atoms with Crippen LogP contribution in [0.2, 0.25) is 0 Å². The minimum atomic E-state index is -0.132. The number of unbranched alkanes of at least 4 members (excludes halogenated alkanes) is 2. The Morgan fingerprint density at radius 3 is 2.85 bits per heavy atom. The number of hydrogen-bond donors (Lipinski definition) is 1. The molecule has 1 amide bonds. The number of rotatable bonds is 8. The number of aryl methyl sites for hydroxylation is 2. The molecule has 2 aromatic rings. The van der Waals surface area contributed by atoms with Crippen molar-refractivity contribution in [2.45, 2.75) is 46.1 Å². The Hall–Kier alpha value is -2.74. The highest BCUT2D eigenvalue weighted by Gasteiger charge is 2.12. The molecule has 5 nitrogen and oxygen atoms in total. The summed E-state index contributed by atoms with van der Waals surface area (Å²) in [7, 11) is 1.78. The van der Waals surface area contributed by atoms with Crippen LogP contribution < -0.4 is 10.1 Å². The predicted octanol–water partition coefficient (Wildman–Crippen LogP) is 3.48. The summed E-state index contributed by atoms with van der Waals surface area (Å²) in [5.41, 5.74) is 2.46. The van der Waals surface area contributed by atoms with Crippen molar-refractivity contribution in [3.63, 3.8) is 0 Å². The third-order valence-electron chi connectivity index (χ3n) is 3.97. The summed E-state index contributed by atoms with van der Waals surface area (Å²) >= 11 is 0. The Labute approximate surface area is 155 Å². The van der Waals surface area contributed by atoms with Gasteiger partial charge in [0.2, 0.25) is 0 Å². The fourth-order valence-corrected chi connectivity index (χ4v) is 2.45. The lowest BCUT2D eigenvalue weighted by molar-refractivity contribution is 0.0941. The molecule has 1 heterocycles. The number of amides is 1. The van der Waals surface area contributed by atoms with E-state index in [-0.39, 0.29) is 5.91 Å². The van der Waals surface area contributed by atoms with Crippen LogP contribution in [-0.4, -0.2) is 22.3 Å². The number of ether oxygens (including phenoxy) is 1. The topological polar surface area (TPSA) is 56.1 Å². The Balaban J connectivity index is 1.86. The third kappa shape index (κ3) is 5.96. The van der Waals surface area contributed by atoms with Crippen molar-refractivity contribution in [2.24, 2.45) is 7.05 Å². The number of nitrogens with one attached hydrogen (secondary N) is 1. The average Bonchev–Trinajstić information content (AvgIpc) is 3.04. The lowest BCUT2D eigenvalue weighted by atomic mass is 10.2. The van der Waals surface area contributed by atoms with Crippen molar-refractivity contribution in [2.75, 3.05) is 6.61 Å². The van der Waals surface area contributed by atoms with Gasteiger partial charge < -0.3 is 10.1 Å². The molecule has 0 saturated carbocycles. The van der Waals surface area contributed by atoms with Gasteiger partial charge in [-0.1, -0.05) is 44.2 Å². The van der Waals surface area contributed by atoms with Gasteiger partial charge in [-0.2, -0.15) is 5.10 Å². The number of hydrogen-bond acceptors (Lipinski definition) is 3.